The van der Waals surface area contributed by atoms with Gasteiger partial charge in [-0.05, 0) is 37.3 Å². The van der Waals surface area contributed by atoms with Crippen LogP contribution in [0.25, 0.3) is 11.1 Å². The number of nitrogens with zero attached hydrogens (tertiary/aromatic N) is 2. The van der Waals surface area contributed by atoms with E-state index >= 15 is 0 Å². The first-order valence-electron chi connectivity index (χ1n) is 8.04. The van der Waals surface area contributed by atoms with Gasteiger partial charge in [0.1, 0.15) is 6.07 Å². The van der Waals surface area contributed by atoms with Gasteiger partial charge in [0.25, 0.3) is 0 Å². The summed E-state index contributed by atoms with van der Waals surface area (Å²) in [7, 11) is 0. The van der Waals surface area contributed by atoms with Gasteiger partial charge < -0.3 is 5.11 Å². The number of rotatable bonds is 5. The highest BCUT2D eigenvalue weighted by Crippen LogP contribution is 2.32. The third kappa shape index (κ3) is 3.80. The fourth-order valence-electron chi connectivity index (χ4n) is 2.86. The minimum Gasteiger partial charge on any atom is -0.481 e. The minimum atomic E-state index is -0.922. The SMILES string of the molecule is Cc1ccc(-c2c(C#N)c(CC(C)C)nc(C)c2CC(=O)O)cc1. The van der Waals surface area contributed by atoms with Gasteiger partial charge in [-0.1, -0.05) is 43.7 Å². The molecule has 0 amide bonds. The minimum absolute atomic E-state index is 0.140. The molecule has 4 nitrogen and oxygen atoms in total. The molecule has 0 atom stereocenters. The van der Waals surface area contributed by atoms with Gasteiger partial charge in [0, 0.05) is 11.3 Å². The lowest BCUT2D eigenvalue weighted by Crippen LogP contribution is -2.11. The number of aliphatic carboxylic acids is 1. The zero-order valence-electron chi connectivity index (χ0n) is 14.6. The quantitative estimate of drug-likeness (QED) is 0.900. The van der Waals surface area contributed by atoms with Gasteiger partial charge in [0.05, 0.1) is 17.7 Å². The Morgan fingerprint density at radius 1 is 1.25 bits per heavy atom. The van der Waals surface area contributed by atoms with Crippen LogP contribution in [0.3, 0.4) is 0 Å². The van der Waals surface area contributed by atoms with Gasteiger partial charge in [-0.3, -0.25) is 9.78 Å². The van der Waals surface area contributed by atoms with E-state index in [0.29, 0.717) is 34.7 Å². The maximum atomic E-state index is 11.3. The number of carbonyl (C=O) groups is 1. The molecule has 2 rings (SSSR count). The van der Waals surface area contributed by atoms with E-state index in [-0.39, 0.29) is 6.42 Å². The van der Waals surface area contributed by atoms with Crippen LogP contribution >= 0.6 is 0 Å². The molecule has 0 unspecified atom stereocenters. The van der Waals surface area contributed by atoms with Gasteiger partial charge in [-0.2, -0.15) is 5.26 Å². The van der Waals surface area contributed by atoms with E-state index in [2.05, 4.69) is 24.9 Å². The molecule has 0 bridgehead atoms. The van der Waals surface area contributed by atoms with Crippen LogP contribution in [0, 0.1) is 31.1 Å². The molecule has 1 aromatic heterocycles. The highest BCUT2D eigenvalue weighted by Gasteiger charge is 2.21. The number of aryl methyl sites for hydroxylation is 2. The Bertz CT molecular complexity index is 800. The number of hydrogen-bond acceptors (Lipinski definition) is 3. The normalized spacial score (nSPS) is 10.7. The second-order valence-electron chi connectivity index (χ2n) is 6.52. The standard InChI is InChI=1S/C20H22N2O2/c1-12(2)9-18-17(11-21)20(15-7-5-13(3)6-8-15)16(10-19(23)24)14(4)22-18/h5-8,12H,9-10H2,1-4H3,(H,23,24). The summed E-state index contributed by atoms with van der Waals surface area (Å²) in [5.74, 6) is -0.561. The molecule has 0 aliphatic rings. The van der Waals surface area contributed by atoms with Gasteiger partial charge in [0.2, 0.25) is 0 Å². The first-order valence-corrected chi connectivity index (χ1v) is 8.04. The van der Waals surface area contributed by atoms with Gasteiger partial charge in [-0.15, -0.1) is 0 Å². The van der Waals surface area contributed by atoms with E-state index < -0.39 is 5.97 Å². The number of aromatic nitrogens is 1. The molecular weight excluding hydrogens is 300 g/mol. The lowest BCUT2D eigenvalue weighted by atomic mass is 9.89. The fourth-order valence-corrected chi connectivity index (χ4v) is 2.86. The van der Waals surface area contributed by atoms with E-state index in [4.69, 9.17) is 0 Å². The molecule has 124 valence electrons. The maximum Gasteiger partial charge on any atom is 0.307 e. The van der Waals surface area contributed by atoms with Gasteiger partial charge in [0.15, 0.2) is 0 Å². The Balaban J connectivity index is 2.79. The molecular formula is C20H22N2O2. The van der Waals surface area contributed by atoms with Crippen molar-refractivity contribution in [3.63, 3.8) is 0 Å². The molecule has 0 saturated heterocycles. The smallest absolute Gasteiger partial charge is 0.307 e. The van der Waals surface area contributed by atoms with Gasteiger partial charge in [-0.25, -0.2) is 0 Å². The zero-order chi connectivity index (χ0) is 17.9. The average Bonchev–Trinajstić information content (AvgIpc) is 2.49. The van der Waals surface area contributed by atoms with Crippen molar-refractivity contribution >= 4 is 5.97 Å². The summed E-state index contributed by atoms with van der Waals surface area (Å²) in [6, 6.07) is 10.1. The molecule has 4 heteroatoms. The Morgan fingerprint density at radius 3 is 2.38 bits per heavy atom. The number of nitriles is 1. The molecule has 2 aromatic rings. The lowest BCUT2D eigenvalue weighted by molar-refractivity contribution is -0.136. The van der Waals surface area contributed by atoms with E-state index in [1.54, 1.807) is 0 Å². The highest BCUT2D eigenvalue weighted by molar-refractivity contribution is 5.81. The number of benzene rings is 1. The fraction of sp³-hybridized carbons (Fsp3) is 0.350. The largest absolute Gasteiger partial charge is 0.481 e. The Labute approximate surface area is 142 Å². The van der Waals surface area contributed by atoms with Crippen molar-refractivity contribution in [2.24, 2.45) is 5.92 Å². The molecule has 1 heterocycles. The number of pyridine rings is 1. The summed E-state index contributed by atoms with van der Waals surface area (Å²) < 4.78 is 0. The molecule has 1 N–H and O–H groups in total. The molecule has 24 heavy (non-hydrogen) atoms. The lowest BCUT2D eigenvalue weighted by Gasteiger charge is -2.17. The van der Waals surface area contributed by atoms with Crippen LogP contribution in [-0.2, 0) is 17.6 Å². The first-order chi connectivity index (χ1) is 11.3. The van der Waals surface area contributed by atoms with E-state index in [9.17, 15) is 15.2 Å². The summed E-state index contributed by atoms with van der Waals surface area (Å²) in [5, 5.41) is 19.0. The Kier molecular flexibility index (Phi) is 5.35. The molecule has 0 spiro atoms. The number of carboxylic acid groups (broad SMARTS) is 1. The molecule has 1 aromatic carbocycles. The topological polar surface area (TPSA) is 74.0 Å². The first kappa shape index (κ1) is 17.7. The second kappa shape index (κ2) is 7.27. The van der Waals surface area contributed by atoms with E-state index in [0.717, 1.165) is 16.8 Å². The van der Waals surface area contributed by atoms with Crippen molar-refractivity contribution in [3.05, 3.63) is 52.3 Å². The predicted molar refractivity (Wildman–Crippen MR) is 93.7 cm³/mol. The molecule has 0 fully saturated rings. The van der Waals surface area contributed by atoms with Crippen molar-refractivity contribution < 1.29 is 9.90 Å². The van der Waals surface area contributed by atoms with Crippen LogP contribution in [0.2, 0.25) is 0 Å². The average molecular weight is 322 g/mol. The second-order valence-corrected chi connectivity index (χ2v) is 6.52. The number of carboxylic acids is 1. The zero-order valence-corrected chi connectivity index (χ0v) is 14.6. The molecule has 0 saturated carbocycles. The molecule has 0 aliphatic carbocycles. The van der Waals surface area contributed by atoms with Crippen molar-refractivity contribution in [1.29, 1.82) is 5.26 Å². The predicted octanol–water partition coefficient (Wildman–Crippen LogP) is 4.06. The molecule has 0 aliphatic heterocycles. The van der Waals surface area contributed by atoms with Crippen molar-refractivity contribution in [1.82, 2.24) is 4.98 Å². The number of hydrogen-bond donors (Lipinski definition) is 1. The van der Waals surface area contributed by atoms with Gasteiger partial charge >= 0.3 is 5.97 Å². The highest BCUT2D eigenvalue weighted by atomic mass is 16.4. The van der Waals surface area contributed by atoms with Crippen LogP contribution in [-0.4, -0.2) is 16.1 Å². The van der Waals surface area contributed by atoms with Crippen LogP contribution in [0.1, 0.15) is 41.9 Å². The maximum absolute atomic E-state index is 11.3. The van der Waals surface area contributed by atoms with Crippen LogP contribution < -0.4 is 0 Å². The van der Waals surface area contributed by atoms with E-state index in [1.165, 1.54) is 0 Å². The van der Waals surface area contributed by atoms with Crippen molar-refractivity contribution in [2.45, 2.75) is 40.5 Å². The van der Waals surface area contributed by atoms with Crippen LogP contribution in [0.4, 0.5) is 0 Å². The van der Waals surface area contributed by atoms with Crippen molar-refractivity contribution in [2.75, 3.05) is 0 Å². The molecule has 0 radical (unpaired) electrons. The summed E-state index contributed by atoms with van der Waals surface area (Å²) in [6.45, 7) is 7.97. The Morgan fingerprint density at radius 2 is 1.88 bits per heavy atom. The third-order valence-electron chi connectivity index (χ3n) is 3.96. The monoisotopic (exact) mass is 322 g/mol. The third-order valence-corrected chi connectivity index (χ3v) is 3.96. The summed E-state index contributed by atoms with van der Waals surface area (Å²) in [6.07, 6.45) is 0.550. The van der Waals surface area contributed by atoms with Crippen LogP contribution in [0.15, 0.2) is 24.3 Å². The summed E-state index contributed by atoms with van der Waals surface area (Å²) in [4.78, 5) is 15.9. The summed E-state index contributed by atoms with van der Waals surface area (Å²) >= 11 is 0. The Hall–Kier alpha value is -2.67. The van der Waals surface area contributed by atoms with E-state index in [1.807, 2.05) is 38.1 Å². The van der Waals surface area contributed by atoms with Crippen molar-refractivity contribution in [3.8, 4) is 17.2 Å². The van der Waals surface area contributed by atoms with Crippen LogP contribution in [0.5, 0.6) is 0 Å². The summed E-state index contributed by atoms with van der Waals surface area (Å²) in [5.41, 5.74) is 5.24.